The number of phenolic OH excluding ortho intramolecular Hbond substituents is 1. The number of aromatic hydroxyl groups is 1. The van der Waals surface area contributed by atoms with Gasteiger partial charge >= 0.3 is 5.97 Å². The van der Waals surface area contributed by atoms with Crippen molar-refractivity contribution in [2.24, 2.45) is 0 Å². The molecule has 1 aliphatic heterocycles. The second-order valence-corrected chi connectivity index (χ2v) is 6.56. The van der Waals surface area contributed by atoms with Crippen LogP contribution in [0, 0.1) is 0 Å². The van der Waals surface area contributed by atoms with Crippen molar-refractivity contribution in [3.63, 3.8) is 0 Å². The summed E-state index contributed by atoms with van der Waals surface area (Å²) in [7, 11) is 0. The van der Waals surface area contributed by atoms with E-state index in [-0.39, 0.29) is 28.7 Å². The highest BCUT2D eigenvalue weighted by Crippen LogP contribution is 2.31. The largest absolute Gasteiger partial charge is 0.507 e. The van der Waals surface area contributed by atoms with Crippen LogP contribution in [0.25, 0.3) is 0 Å². The minimum absolute atomic E-state index is 0.115. The van der Waals surface area contributed by atoms with Gasteiger partial charge in [0.05, 0.1) is 11.4 Å². The molecule has 1 aliphatic rings. The molecule has 2 aromatic rings. The first-order valence-corrected chi connectivity index (χ1v) is 8.61. The van der Waals surface area contributed by atoms with Crippen molar-refractivity contribution in [2.45, 2.75) is 19.4 Å². The zero-order valence-corrected chi connectivity index (χ0v) is 15.2. The van der Waals surface area contributed by atoms with Gasteiger partial charge in [-0.15, -0.1) is 0 Å². The maximum absolute atomic E-state index is 12.7. The van der Waals surface area contributed by atoms with Crippen LogP contribution in [-0.2, 0) is 14.3 Å². The fraction of sp³-hybridized carbons (Fsp3) is 0.211. The number of hydrogen-bond donors (Lipinski definition) is 2. The first kappa shape index (κ1) is 18.7. The Hall–Kier alpha value is -3.06. The minimum atomic E-state index is -0.867. The Kier molecular flexibility index (Phi) is 5.32. The molecule has 2 aromatic carbocycles. The lowest BCUT2D eigenvalue weighted by molar-refractivity contribution is -0.122. The predicted molar refractivity (Wildman–Crippen MR) is 100 cm³/mol. The number of phenols is 1. The van der Waals surface area contributed by atoms with Gasteiger partial charge in [-0.1, -0.05) is 23.7 Å². The van der Waals surface area contributed by atoms with Crippen molar-refractivity contribution in [2.75, 3.05) is 16.8 Å². The third-order valence-corrected chi connectivity index (χ3v) is 4.37. The van der Waals surface area contributed by atoms with E-state index >= 15 is 0 Å². The van der Waals surface area contributed by atoms with Crippen LogP contribution in [0.1, 0.15) is 23.7 Å². The molecule has 1 heterocycles. The van der Waals surface area contributed by atoms with Crippen LogP contribution in [0.3, 0.4) is 0 Å². The Morgan fingerprint density at radius 1 is 1.30 bits per heavy atom. The molecular weight excluding hydrogens is 372 g/mol. The first-order chi connectivity index (χ1) is 12.9. The van der Waals surface area contributed by atoms with E-state index in [1.54, 1.807) is 31.2 Å². The number of ether oxygens (including phenoxy) is 1. The molecule has 0 aromatic heterocycles. The Balaban J connectivity index is 1.78. The van der Waals surface area contributed by atoms with Gasteiger partial charge in [0.2, 0.25) is 5.91 Å². The number of esters is 1. The lowest BCUT2D eigenvalue weighted by Crippen LogP contribution is -2.41. The molecular formula is C19H17ClN2O5. The lowest BCUT2D eigenvalue weighted by atomic mass is 10.1. The average Bonchev–Trinajstić information content (AvgIpc) is 2.75. The number of hydrogen-bond acceptors (Lipinski definition) is 5. The van der Waals surface area contributed by atoms with E-state index < -0.39 is 24.5 Å². The van der Waals surface area contributed by atoms with Gasteiger partial charge in [-0.25, -0.2) is 4.79 Å². The fourth-order valence-electron chi connectivity index (χ4n) is 2.91. The van der Waals surface area contributed by atoms with E-state index in [1.165, 1.54) is 23.1 Å². The van der Waals surface area contributed by atoms with Crippen molar-refractivity contribution in [1.29, 1.82) is 0 Å². The highest BCUT2D eigenvalue weighted by Gasteiger charge is 2.30. The summed E-state index contributed by atoms with van der Waals surface area (Å²) >= 11 is 5.82. The molecule has 27 heavy (non-hydrogen) atoms. The van der Waals surface area contributed by atoms with Crippen molar-refractivity contribution in [3.8, 4) is 5.75 Å². The maximum Gasteiger partial charge on any atom is 0.342 e. The van der Waals surface area contributed by atoms with Gasteiger partial charge in [0.25, 0.3) is 5.91 Å². The summed E-state index contributed by atoms with van der Waals surface area (Å²) in [6, 6.07) is 10.4. The van der Waals surface area contributed by atoms with E-state index in [1.807, 2.05) is 0 Å². The first-order valence-electron chi connectivity index (χ1n) is 8.23. The Bertz CT molecular complexity index is 915. The molecule has 0 spiro atoms. The molecule has 140 valence electrons. The Morgan fingerprint density at radius 3 is 2.81 bits per heavy atom. The number of para-hydroxylation sites is 2. The number of rotatable bonds is 3. The molecule has 8 heteroatoms. The average molecular weight is 389 g/mol. The second kappa shape index (κ2) is 7.67. The third-order valence-electron chi connectivity index (χ3n) is 4.13. The number of carbonyl (C=O) groups excluding carboxylic acids is 3. The number of carbonyl (C=O) groups is 3. The third kappa shape index (κ3) is 4.03. The second-order valence-electron chi connectivity index (χ2n) is 6.12. The van der Waals surface area contributed by atoms with Gasteiger partial charge in [0.1, 0.15) is 11.3 Å². The van der Waals surface area contributed by atoms with Crippen LogP contribution in [0.15, 0.2) is 42.5 Å². The predicted octanol–water partition coefficient (Wildman–Crippen LogP) is 2.97. The molecule has 0 fully saturated rings. The summed E-state index contributed by atoms with van der Waals surface area (Å²) in [6.45, 7) is 1.20. The number of amides is 2. The fourth-order valence-corrected chi connectivity index (χ4v) is 3.09. The molecule has 1 unspecified atom stereocenters. The van der Waals surface area contributed by atoms with Gasteiger partial charge in [0.15, 0.2) is 6.61 Å². The van der Waals surface area contributed by atoms with Crippen LogP contribution in [0.4, 0.5) is 11.4 Å². The van der Waals surface area contributed by atoms with Crippen molar-refractivity contribution < 1.29 is 24.2 Å². The van der Waals surface area contributed by atoms with Gasteiger partial charge in [0, 0.05) is 17.5 Å². The summed E-state index contributed by atoms with van der Waals surface area (Å²) in [5.41, 5.74) is 0.915. The van der Waals surface area contributed by atoms with Gasteiger partial charge in [-0.3, -0.25) is 9.59 Å². The molecule has 0 bridgehead atoms. The smallest absolute Gasteiger partial charge is 0.342 e. The lowest BCUT2D eigenvalue weighted by Gasteiger charge is -2.27. The van der Waals surface area contributed by atoms with Crippen molar-refractivity contribution >= 4 is 40.8 Å². The van der Waals surface area contributed by atoms with E-state index in [4.69, 9.17) is 16.3 Å². The quantitative estimate of drug-likeness (QED) is 0.788. The monoisotopic (exact) mass is 388 g/mol. The molecule has 0 saturated heterocycles. The topological polar surface area (TPSA) is 95.9 Å². The molecule has 0 aliphatic carbocycles. The van der Waals surface area contributed by atoms with Crippen molar-refractivity contribution in [1.82, 2.24) is 0 Å². The zero-order chi connectivity index (χ0) is 19.6. The summed E-state index contributed by atoms with van der Waals surface area (Å²) in [4.78, 5) is 38.3. The van der Waals surface area contributed by atoms with Gasteiger partial charge in [-0.05, 0) is 37.3 Å². The number of halogens is 1. The van der Waals surface area contributed by atoms with Crippen molar-refractivity contribution in [3.05, 3.63) is 53.1 Å². The summed E-state index contributed by atoms with van der Waals surface area (Å²) in [5, 5.41) is 12.8. The molecule has 1 atom stereocenters. The summed E-state index contributed by atoms with van der Waals surface area (Å²) in [6.07, 6.45) is 0.115. The van der Waals surface area contributed by atoms with Crippen LogP contribution < -0.4 is 10.2 Å². The van der Waals surface area contributed by atoms with E-state index in [0.29, 0.717) is 11.4 Å². The Labute approximate surface area is 160 Å². The van der Waals surface area contributed by atoms with Gasteiger partial charge in [-0.2, -0.15) is 0 Å². The number of fused-ring (bicyclic) bond motifs is 1. The number of nitrogens with zero attached hydrogens (tertiary/aromatic N) is 1. The molecule has 0 saturated carbocycles. The molecule has 0 radical (unpaired) electrons. The van der Waals surface area contributed by atoms with Gasteiger partial charge < -0.3 is 20.1 Å². The molecule has 3 rings (SSSR count). The van der Waals surface area contributed by atoms with E-state index in [9.17, 15) is 19.5 Å². The van der Waals surface area contributed by atoms with Crippen LogP contribution in [-0.4, -0.2) is 35.5 Å². The minimum Gasteiger partial charge on any atom is -0.507 e. The number of nitrogens with one attached hydrogen (secondary N) is 1. The van der Waals surface area contributed by atoms with Crippen LogP contribution in [0.5, 0.6) is 5.75 Å². The summed E-state index contributed by atoms with van der Waals surface area (Å²) < 4.78 is 5.06. The van der Waals surface area contributed by atoms with E-state index in [2.05, 4.69) is 5.32 Å². The zero-order valence-electron chi connectivity index (χ0n) is 14.4. The standard InChI is InChI=1S/C19H17ClN2O5/c1-11-8-17(24)21-14-4-2-3-5-15(14)22(11)18(25)10-27-19(26)13-9-12(20)6-7-16(13)23/h2-7,9,11,23H,8,10H2,1H3,(H,21,24). The number of benzene rings is 2. The number of anilines is 2. The SMILES string of the molecule is CC1CC(=O)Nc2ccccc2N1C(=O)COC(=O)c1cc(Cl)ccc1O. The summed E-state index contributed by atoms with van der Waals surface area (Å²) in [5.74, 6) is -1.85. The van der Waals surface area contributed by atoms with Crippen LogP contribution in [0.2, 0.25) is 5.02 Å². The normalized spacial score (nSPS) is 16.1. The molecule has 7 nitrogen and oxygen atoms in total. The molecule has 2 N–H and O–H groups in total. The Morgan fingerprint density at radius 2 is 2.04 bits per heavy atom. The van der Waals surface area contributed by atoms with E-state index in [0.717, 1.165) is 0 Å². The highest BCUT2D eigenvalue weighted by molar-refractivity contribution is 6.31. The molecule has 2 amide bonds. The highest BCUT2D eigenvalue weighted by atomic mass is 35.5. The maximum atomic E-state index is 12.7. The van der Waals surface area contributed by atoms with Crippen LogP contribution >= 0.6 is 11.6 Å².